The largest absolute Gasteiger partial charge is 0.393 e. The van der Waals surface area contributed by atoms with Gasteiger partial charge in [-0.15, -0.1) is 0 Å². The Morgan fingerprint density at radius 1 is 0.788 bits per heavy atom. The van der Waals surface area contributed by atoms with E-state index in [9.17, 15) is 10.2 Å². The molecular formula is C30H48O3. The lowest BCUT2D eigenvalue weighted by Gasteiger charge is -2.73. The fourth-order valence-corrected chi connectivity index (χ4v) is 11.3. The Hall–Kier alpha value is -0.380. The summed E-state index contributed by atoms with van der Waals surface area (Å²) in [5, 5.41) is 22.7. The third kappa shape index (κ3) is 2.40. The lowest BCUT2D eigenvalue weighted by Crippen LogP contribution is -2.72. The lowest BCUT2D eigenvalue weighted by molar-refractivity contribution is -0.256. The summed E-state index contributed by atoms with van der Waals surface area (Å²) in [6, 6.07) is 0. The predicted molar refractivity (Wildman–Crippen MR) is 132 cm³/mol. The molecule has 1 saturated heterocycles. The second-order valence-electron chi connectivity index (χ2n) is 15.5. The van der Waals surface area contributed by atoms with E-state index in [1.807, 2.05) is 0 Å². The molecule has 0 radical (unpaired) electrons. The molecule has 0 aromatic carbocycles. The Balaban J connectivity index is 1.50. The highest BCUT2D eigenvalue weighted by Crippen LogP contribution is 2.79. The molecule has 0 aromatic heterocycles. The van der Waals surface area contributed by atoms with Crippen LogP contribution in [0.3, 0.4) is 0 Å². The van der Waals surface area contributed by atoms with Gasteiger partial charge in [-0.1, -0.05) is 60.6 Å². The quantitative estimate of drug-likeness (QED) is 0.431. The standard InChI is InChI=1S/C30H48O3/c1-24(2)14-15-29-18-33-30(21(29)16-24)13-9-20-26(5)11-10-22(31)25(3,4)19(26)8-12-27(20,6)28(30,7)17-23(29)32/h9,13,19-23,31-32H,8,10-12,14-18H2,1-7H3/t19-,20+,21+,22-,23-,26-,27+,28-,29+,30+/m0/s1. The van der Waals surface area contributed by atoms with Gasteiger partial charge in [0.2, 0.25) is 0 Å². The molecule has 1 aliphatic heterocycles. The number of ether oxygens (including phenoxy) is 1. The van der Waals surface area contributed by atoms with Crippen molar-refractivity contribution in [1.29, 1.82) is 0 Å². The smallest absolute Gasteiger partial charge is 0.0957 e. The van der Waals surface area contributed by atoms with Crippen molar-refractivity contribution in [2.45, 2.75) is 118 Å². The van der Waals surface area contributed by atoms with E-state index in [1.165, 1.54) is 12.8 Å². The second-order valence-corrected chi connectivity index (χ2v) is 15.5. The molecule has 0 aromatic rings. The third-order valence-electron chi connectivity index (χ3n) is 13.6. The van der Waals surface area contributed by atoms with Crippen molar-refractivity contribution in [1.82, 2.24) is 0 Å². The summed E-state index contributed by atoms with van der Waals surface area (Å²) in [5.74, 6) is 1.40. The first-order chi connectivity index (χ1) is 15.2. The van der Waals surface area contributed by atoms with Crippen molar-refractivity contribution < 1.29 is 14.9 Å². The molecule has 0 unspecified atom stereocenters. The number of aliphatic hydroxyl groups is 2. The van der Waals surface area contributed by atoms with E-state index in [0.29, 0.717) is 23.2 Å². The molecule has 3 nitrogen and oxygen atoms in total. The molecule has 3 heteroatoms. The van der Waals surface area contributed by atoms with Gasteiger partial charge in [0.25, 0.3) is 0 Å². The van der Waals surface area contributed by atoms with Crippen LogP contribution in [0.5, 0.6) is 0 Å². The summed E-state index contributed by atoms with van der Waals surface area (Å²) >= 11 is 0. The molecule has 5 fully saturated rings. The van der Waals surface area contributed by atoms with Gasteiger partial charge in [0.1, 0.15) is 0 Å². The maximum atomic E-state index is 11.8. The summed E-state index contributed by atoms with van der Waals surface area (Å²) in [6.45, 7) is 17.8. The number of hydrogen-bond donors (Lipinski definition) is 2. The first-order valence-electron chi connectivity index (χ1n) is 13.9. The van der Waals surface area contributed by atoms with Crippen LogP contribution in [-0.2, 0) is 4.74 Å². The first-order valence-corrected chi connectivity index (χ1v) is 13.9. The van der Waals surface area contributed by atoms with Crippen LogP contribution in [0.1, 0.15) is 99.8 Å². The van der Waals surface area contributed by atoms with E-state index in [1.54, 1.807) is 0 Å². The Morgan fingerprint density at radius 2 is 1.52 bits per heavy atom. The monoisotopic (exact) mass is 456 g/mol. The molecule has 5 aliphatic carbocycles. The van der Waals surface area contributed by atoms with Crippen LogP contribution in [0.15, 0.2) is 12.2 Å². The van der Waals surface area contributed by atoms with Crippen LogP contribution in [0.25, 0.3) is 0 Å². The molecule has 6 aliphatic rings. The van der Waals surface area contributed by atoms with Crippen LogP contribution < -0.4 is 0 Å². The highest BCUT2D eigenvalue weighted by Gasteiger charge is 2.78. The van der Waals surface area contributed by atoms with Gasteiger partial charge < -0.3 is 14.9 Å². The molecule has 4 saturated carbocycles. The zero-order chi connectivity index (χ0) is 23.9. The predicted octanol–water partition coefficient (Wildman–Crippen LogP) is 6.13. The minimum Gasteiger partial charge on any atom is -0.393 e. The second kappa shape index (κ2) is 6.30. The van der Waals surface area contributed by atoms with Crippen molar-refractivity contribution in [2.24, 2.45) is 50.2 Å². The molecule has 2 N–H and O–H groups in total. The van der Waals surface area contributed by atoms with E-state index >= 15 is 0 Å². The van der Waals surface area contributed by atoms with Crippen molar-refractivity contribution in [3.8, 4) is 0 Å². The van der Waals surface area contributed by atoms with Gasteiger partial charge in [-0.25, -0.2) is 0 Å². The van der Waals surface area contributed by atoms with E-state index in [0.717, 1.165) is 45.1 Å². The summed E-state index contributed by atoms with van der Waals surface area (Å²) in [6.07, 6.45) is 13.3. The Morgan fingerprint density at radius 3 is 2.24 bits per heavy atom. The van der Waals surface area contributed by atoms with Gasteiger partial charge in [0.15, 0.2) is 0 Å². The minimum atomic E-state index is -0.265. The maximum Gasteiger partial charge on any atom is 0.0957 e. The van der Waals surface area contributed by atoms with Gasteiger partial charge in [-0.2, -0.15) is 0 Å². The first kappa shape index (κ1) is 23.0. The average Bonchev–Trinajstić information content (AvgIpc) is 2.99. The molecule has 0 amide bonds. The molecular weight excluding hydrogens is 408 g/mol. The normalized spacial score (nSPS) is 60.3. The van der Waals surface area contributed by atoms with E-state index in [2.05, 4.69) is 60.6 Å². The highest BCUT2D eigenvalue weighted by atomic mass is 16.5. The van der Waals surface area contributed by atoms with E-state index in [-0.39, 0.29) is 44.9 Å². The summed E-state index contributed by atoms with van der Waals surface area (Å²) in [5.41, 5.74) is 0.154. The zero-order valence-corrected chi connectivity index (χ0v) is 22.2. The number of allylic oxidation sites excluding steroid dienone is 1. The Labute approximate surface area is 201 Å². The van der Waals surface area contributed by atoms with Gasteiger partial charge >= 0.3 is 0 Å². The number of aliphatic hydroxyl groups excluding tert-OH is 2. The molecule has 186 valence electrons. The number of fused-ring (bicyclic) bond motifs is 4. The average molecular weight is 457 g/mol. The molecule has 33 heavy (non-hydrogen) atoms. The van der Waals surface area contributed by atoms with Gasteiger partial charge in [0, 0.05) is 16.7 Å². The molecule has 1 heterocycles. The van der Waals surface area contributed by atoms with Crippen LogP contribution in [0.2, 0.25) is 0 Å². The molecule has 10 atom stereocenters. The zero-order valence-electron chi connectivity index (χ0n) is 22.2. The van der Waals surface area contributed by atoms with Crippen LogP contribution in [0, 0.1) is 50.2 Å². The van der Waals surface area contributed by atoms with Gasteiger partial charge in [-0.3, -0.25) is 0 Å². The summed E-state index contributed by atoms with van der Waals surface area (Å²) < 4.78 is 7.03. The van der Waals surface area contributed by atoms with Crippen molar-refractivity contribution in [3.63, 3.8) is 0 Å². The number of hydrogen-bond acceptors (Lipinski definition) is 3. The van der Waals surface area contributed by atoms with Crippen molar-refractivity contribution >= 4 is 0 Å². The van der Waals surface area contributed by atoms with Crippen LogP contribution in [0.4, 0.5) is 0 Å². The lowest BCUT2D eigenvalue weighted by atomic mass is 9.32. The molecule has 6 rings (SSSR count). The summed E-state index contributed by atoms with van der Waals surface area (Å²) in [7, 11) is 0. The Bertz CT molecular complexity index is 891. The number of rotatable bonds is 0. The SMILES string of the molecule is CC1(C)CC[C@]23CO[C@]4(C=C[C@@H]5[C@@]6(C)CC[C@H](O)C(C)(C)[C@@H]6CC[C@@]5(C)[C@]4(C)C[C@@H]2O)[C@@H]3C1. The van der Waals surface area contributed by atoms with E-state index in [4.69, 9.17) is 4.74 Å². The fourth-order valence-electron chi connectivity index (χ4n) is 11.3. The van der Waals surface area contributed by atoms with E-state index < -0.39 is 0 Å². The summed E-state index contributed by atoms with van der Waals surface area (Å²) in [4.78, 5) is 0. The highest BCUT2D eigenvalue weighted by molar-refractivity contribution is 5.35. The van der Waals surface area contributed by atoms with Gasteiger partial charge in [0.05, 0.1) is 24.4 Å². The Kier molecular flexibility index (Phi) is 4.40. The van der Waals surface area contributed by atoms with Crippen LogP contribution >= 0.6 is 0 Å². The fraction of sp³-hybridized carbons (Fsp3) is 0.933. The third-order valence-corrected chi connectivity index (χ3v) is 13.6. The molecule has 2 bridgehead atoms. The maximum absolute atomic E-state index is 11.8. The van der Waals surface area contributed by atoms with Crippen molar-refractivity contribution in [2.75, 3.05) is 6.61 Å². The topological polar surface area (TPSA) is 49.7 Å². The minimum absolute atomic E-state index is 0.0449. The molecule has 1 spiro atoms. The van der Waals surface area contributed by atoms with Crippen molar-refractivity contribution in [3.05, 3.63) is 12.2 Å². The van der Waals surface area contributed by atoms with Crippen LogP contribution in [-0.4, -0.2) is 34.6 Å². The van der Waals surface area contributed by atoms with Gasteiger partial charge in [-0.05, 0) is 84.9 Å².